The van der Waals surface area contributed by atoms with Gasteiger partial charge in [0, 0.05) is 29.7 Å². The molecule has 3 rings (SSSR count). The first kappa shape index (κ1) is 18.2. The van der Waals surface area contributed by atoms with Gasteiger partial charge in [-0.1, -0.05) is 11.6 Å². The highest BCUT2D eigenvalue weighted by atomic mass is 35.5. The largest absolute Gasteiger partial charge is 0.419 e. The maximum Gasteiger partial charge on any atom is 0.419 e. The van der Waals surface area contributed by atoms with E-state index in [0.29, 0.717) is 21.8 Å². The molecular formula is C16H14ClN3O5S. The summed E-state index contributed by atoms with van der Waals surface area (Å²) in [6, 6.07) is 10.3. The highest BCUT2D eigenvalue weighted by Crippen LogP contribution is 2.19. The van der Waals surface area contributed by atoms with Gasteiger partial charge in [-0.25, -0.2) is 18.4 Å². The SMILES string of the molecule is NS(=O)(=O)c1ccc(NC(=O)CCn2c(=O)oc3cc(Cl)ccc32)cc1. The molecule has 0 radical (unpaired) electrons. The third-order valence-corrected chi connectivity index (χ3v) is 4.82. The quantitative estimate of drug-likeness (QED) is 0.682. The van der Waals surface area contributed by atoms with Gasteiger partial charge in [-0.2, -0.15) is 0 Å². The smallest absolute Gasteiger partial charge is 0.408 e. The van der Waals surface area contributed by atoms with E-state index in [4.69, 9.17) is 21.2 Å². The summed E-state index contributed by atoms with van der Waals surface area (Å²) in [4.78, 5) is 23.9. The number of benzene rings is 2. The van der Waals surface area contributed by atoms with Crippen LogP contribution >= 0.6 is 11.6 Å². The Morgan fingerprint density at radius 2 is 1.88 bits per heavy atom. The van der Waals surface area contributed by atoms with E-state index >= 15 is 0 Å². The fraction of sp³-hybridized carbons (Fsp3) is 0.125. The molecule has 0 atom stereocenters. The molecule has 10 heteroatoms. The summed E-state index contributed by atoms with van der Waals surface area (Å²) in [5.41, 5.74) is 1.31. The molecule has 1 heterocycles. The van der Waals surface area contributed by atoms with Crippen molar-refractivity contribution in [3.8, 4) is 0 Å². The number of hydrogen-bond acceptors (Lipinski definition) is 5. The second-order valence-corrected chi connectivity index (χ2v) is 7.50. The summed E-state index contributed by atoms with van der Waals surface area (Å²) in [5.74, 6) is -0.920. The Kier molecular flexibility index (Phi) is 4.86. The summed E-state index contributed by atoms with van der Waals surface area (Å²) in [6.45, 7) is 0.120. The molecule has 1 aromatic heterocycles. The number of aryl methyl sites for hydroxylation is 1. The first-order valence-electron chi connectivity index (χ1n) is 7.46. The van der Waals surface area contributed by atoms with Crippen molar-refractivity contribution in [1.82, 2.24) is 4.57 Å². The normalized spacial score (nSPS) is 11.6. The molecule has 3 aromatic rings. The van der Waals surface area contributed by atoms with Crippen molar-refractivity contribution in [2.75, 3.05) is 5.32 Å². The highest BCUT2D eigenvalue weighted by molar-refractivity contribution is 7.89. The van der Waals surface area contributed by atoms with E-state index in [1.54, 1.807) is 12.1 Å². The Bertz CT molecular complexity index is 1130. The molecule has 2 aromatic carbocycles. The number of amides is 1. The van der Waals surface area contributed by atoms with Crippen LogP contribution < -0.4 is 16.2 Å². The van der Waals surface area contributed by atoms with Crippen molar-refractivity contribution in [3.05, 3.63) is 58.0 Å². The van der Waals surface area contributed by atoms with Crippen LogP contribution in [0.25, 0.3) is 11.1 Å². The number of oxazole rings is 1. The second-order valence-electron chi connectivity index (χ2n) is 5.50. The molecule has 8 nitrogen and oxygen atoms in total. The van der Waals surface area contributed by atoms with E-state index in [1.807, 2.05) is 0 Å². The van der Waals surface area contributed by atoms with Gasteiger partial charge in [0.25, 0.3) is 0 Å². The molecule has 0 aliphatic carbocycles. The van der Waals surface area contributed by atoms with Crippen LogP contribution in [0.2, 0.25) is 5.02 Å². The number of rotatable bonds is 5. The fourth-order valence-corrected chi connectivity index (χ4v) is 3.09. The van der Waals surface area contributed by atoms with Crippen molar-refractivity contribution in [1.29, 1.82) is 0 Å². The van der Waals surface area contributed by atoms with Crippen LogP contribution in [0, 0.1) is 0 Å². The number of primary sulfonamides is 1. The number of carbonyl (C=O) groups is 1. The van der Waals surface area contributed by atoms with Gasteiger partial charge in [0.15, 0.2) is 5.58 Å². The van der Waals surface area contributed by atoms with Crippen LogP contribution in [-0.4, -0.2) is 18.9 Å². The first-order chi connectivity index (χ1) is 12.2. The molecule has 136 valence electrons. The number of nitrogens with one attached hydrogen (secondary N) is 1. The average Bonchev–Trinajstić information content (AvgIpc) is 2.87. The number of nitrogens with zero attached hydrogens (tertiary/aromatic N) is 1. The molecule has 0 aliphatic rings. The van der Waals surface area contributed by atoms with Crippen LogP contribution in [0.3, 0.4) is 0 Å². The van der Waals surface area contributed by atoms with E-state index in [1.165, 1.54) is 34.9 Å². The zero-order chi connectivity index (χ0) is 18.9. The molecule has 0 bridgehead atoms. The Hall–Kier alpha value is -2.62. The number of sulfonamides is 1. The van der Waals surface area contributed by atoms with E-state index < -0.39 is 15.8 Å². The predicted molar refractivity (Wildman–Crippen MR) is 96.5 cm³/mol. The lowest BCUT2D eigenvalue weighted by Gasteiger charge is -2.06. The van der Waals surface area contributed by atoms with Gasteiger partial charge in [-0.15, -0.1) is 0 Å². The summed E-state index contributed by atoms with van der Waals surface area (Å²) >= 11 is 5.86. The number of hydrogen-bond donors (Lipinski definition) is 2. The molecule has 3 N–H and O–H groups in total. The zero-order valence-electron chi connectivity index (χ0n) is 13.3. The molecule has 0 unspecified atom stereocenters. The lowest BCUT2D eigenvalue weighted by atomic mass is 10.3. The number of fused-ring (bicyclic) bond motifs is 1. The molecule has 0 saturated heterocycles. The van der Waals surface area contributed by atoms with Gasteiger partial charge < -0.3 is 9.73 Å². The van der Waals surface area contributed by atoms with Crippen molar-refractivity contribution in [2.24, 2.45) is 5.14 Å². The van der Waals surface area contributed by atoms with Crippen LogP contribution in [-0.2, 0) is 21.4 Å². The van der Waals surface area contributed by atoms with Crippen molar-refractivity contribution in [2.45, 2.75) is 17.9 Å². The molecule has 0 saturated carbocycles. The summed E-state index contributed by atoms with van der Waals surface area (Å²) in [5, 5.41) is 8.08. The predicted octanol–water partition coefficient (Wildman–Crippen LogP) is 1.92. The Labute approximate surface area is 153 Å². The molecule has 0 fully saturated rings. The third kappa shape index (κ3) is 3.96. The van der Waals surface area contributed by atoms with Crippen LogP contribution in [0.1, 0.15) is 6.42 Å². The molecule has 0 spiro atoms. The molecule has 0 aliphatic heterocycles. The van der Waals surface area contributed by atoms with Crippen LogP contribution in [0.4, 0.5) is 5.69 Å². The standard InChI is InChI=1S/C16H14ClN3O5S/c17-10-1-6-13-14(9-10)25-16(22)20(13)8-7-15(21)19-11-2-4-12(5-3-11)26(18,23)24/h1-6,9H,7-8H2,(H,19,21)(H2,18,23,24). The monoisotopic (exact) mass is 395 g/mol. The minimum Gasteiger partial charge on any atom is -0.408 e. The average molecular weight is 396 g/mol. The number of anilines is 1. The number of nitrogens with two attached hydrogens (primary N) is 1. The van der Waals surface area contributed by atoms with Crippen molar-refractivity contribution < 1.29 is 17.6 Å². The topological polar surface area (TPSA) is 124 Å². The van der Waals surface area contributed by atoms with E-state index in [0.717, 1.165) is 0 Å². The second kappa shape index (κ2) is 6.94. The Morgan fingerprint density at radius 1 is 1.19 bits per heavy atom. The summed E-state index contributed by atoms with van der Waals surface area (Å²) < 4.78 is 28.8. The van der Waals surface area contributed by atoms with E-state index in [-0.39, 0.29) is 23.8 Å². The minimum atomic E-state index is -3.79. The van der Waals surface area contributed by atoms with E-state index in [2.05, 4.69) is 5.32 Å². The van der Waals surface area contributed by atoms with Gasteiger partial charge in [0.05, 0.1) is 10.4 Å². The van der Waals surface area contributed by atoms with Crippen molar-refractivity contribution in [3.63, 3.8) is 0 Å². The Balaban J connectivity index is 1.68. The van der Waals surface area contributed by atoms with Gasteiger partial charge in [-0.05, 0) is 36.4 Å². The van der Waals surface area contributed by atoms with Gasteiger partial charge in [0.1, 0.15) is 0 Å². The van der Waals surface area contributed by atoms with Gasteiger partial charge in [-0.3, -0.25) is 9.36 Å². The molecular weight excluding hydrogens is 382 g/mol. The van der Waals surface area contributed by atoms with Gasteiger partial charge in [0.2, 0.25) is 15.9 Å². The molecule has 1 amide bonds. The van der Waals surface area contributed by atoms with Crippen molar-refractivity contribution >= 4 is 44.3 Å². The maximum atomic E-state index is 12.1. The van der Waals surface area contributed by atoms with Gasteiger partial charge >= 0.3 is 5.76 Å². The lowest BCUT2D eigenvalue weighted by Crippen LogP contribution is -2.20. The lowest BCUT2D eigenvalue weighted by molar-refractivity contribution is -0.116. The highest BCUT2D eigenvalue weighted by Gasteiger charge is 2.12. The third-order valence-electron chi connectivity index (χ3n) is 3.66. The number of aromatic nitrogens is 1. The summed E-state index contributed by atoms with van der Waals surface area (Å²) in [6.07, 6.45) is 0.0219. The Morgan fingerprint density at radius 3 is 2.54 bits per heavy atom. The van der Waals surface area contributed by atoms with Crippen LogP contribution in [0.5, 0.6) is 0 Å². The zero-order valence-corrected chi connectivity index (χ0v) is 14.9. The van der Waals surface area contributed by atoms with E-state index in [9.17, 15) is 18.0 Å². The maximum absolute atomic E-state index is 12.1. The number of halogens is 1. The van der Waals surface area contributed by atoms with Crippen LogP contribution in [0.15, 0.2) is 56.6 Å². The molecule has 26 heavy (non-hydrogen) atoms. The number of carbonyl (C=O) groups excluding carboxylic acids is 1. The summed E-state index contributed by atoms with van der Waals surface area (Å²) in [7, 11) is -3.79. The first-order valence-corrected chi connectivity index (χ1v) is 9.38. The fourth-order valence-electron chi connectivity index (χ4n) is 2.42. The minimum absolute atomic E-state index is 0.0219.